The van der Waals surface area contributed by atoms with Crippen LogP contribution in [0.2, 0.25) is 0 Å². The zero-order valence-electron chi connectivity index (χ0n) is 50.3. The SMILES string of the molecule is Cc1cc(F)c(Nc2nc(-c3ccc4c(c3)N([C@H]3C[C@@H](N5CCCCC5)C3)C(=O)C43CCN(C(=O)C4CCN(C(=O)[C@H]5CC[C@H](Nc6cccc7c6C(=O)N(C6CCC(=O)NC6=O)C7=O)CC5)C4)CC3)cc3ncn(C(C)C)c23)cc1C(=O)NC(C)C. The molecule has 87 heavy (non-hydrogen) atoms. The molecule has 0 bridgehead atoms. The van der Waals surface area contributed by atoms with E-state index in [-0.39, 0.29) is 89.3 Å². The van der Waals surface area contributed by atoms with Crippen LogP contribution in [0.15, 0.2) is 60.9 Å². The number of aryl methyl sites for hydroxylation is 1. The molecule has 2 unspecified atom stereocenters. The Hall–Kier alpha value is -8.07. The molecule has 13 rings (SSSR count). The summed E-state index contributed by atoms with van der Waals surface area (Å²) in [6.45, 7) is 13.3. The Morgan fingerprint density at radius 2 is 1.51 bits per heavy atom. The first-order valence-corrected chi connectivity index (χ1v) is 31.5. The third-order valence-corrected chi connectivity index (χ3v) is 20.1. The lowest BCUT2D eigenvalue weighted by molar-refractivity contribution is -0.140. The molecule has 0 radical (unpaired) electrons. The minimum Gasteiger partial charge on any atom is -0.382 e. The summed E-state index contributed by atoms with van der Waals surface area (Å²) >= 11 is 0. The fourth-order valence-corrected chi connectivity index (χ4v) is 15.2. The van der Waals surface area contributed by atoms with Crippen LogP contribution in [0, 0.1) is 24.6 Å². The van der Waals surface area contributed by atoms with Gasteiger partial charge in [0.1, 0.15) is 17.4 Å². The smallest absolute Gasteiger partial charge is 0.264 e. The van der Waals surface area contributed by atoms with Gasteiger partial charge in [0.15, 0.2) is 5.82 Å². The summed E-state index contributed by atoms with van der Waals surface area (Å²) in [5, 5.41) is 11.9. The lowest BCUT2D eigenvalue weighted by Crippen LogP contribution is -2.58. The largest absolute Gasteiger partial charge is 0.382 e. The topological polar surface area (TPSA) is 232 Å². The summed E-state index contributed by atoms with van der Waals surface area (Å²) in [5.41, 5.74) is 5.54. The number of amides is 8. The molecule has 6 fully saturated rings. The average Bonchev–Trinajstić information content (AvgIpc) is 1.58. The lowest BCUT2D eigenvalue weighted by atomic mass is 9.73. The second kappa shape index (κ2) is 22.9. The van der Waals surface area contributed by atoms with Gasteiger partial charge in [-0.05, 0) is 172 Å². The molecular weight excluding hydrogens is 1110 g/mol. The first-order valence-electron chi connectivity index (χ1n) is 31.5. The molecule has 8 amide bonds. The van der Waals surface area contributed by atoms with Gasteiger partial charge in [-0.2, -0.15) is 0 Å². The van der Waals surface area contributed by atoms with E-state index in [1.54, 1.807) is 31.5 Å². The Morgan fingerprint density at radius 3 is 2.23 bits per heavy atom. The molecule has 2 atom stereocenters. The number of aromatic nitrogens is 3. The number of rotatable bonds is 13. The Labute approximate surface area is 505 Å². The van der Waals surface area contributed by atoms with Crippen molar-refractivity contribution in [1.82, 2.24) is 44.8 Å². The van der Waals surface area contributed by atoms with Gasteiger partial charge in [-0.3, -0.25) is 48.6 Å². The molecule has 6 aliphatic heterocycles. The molecule has 5 aromatic rings. The number of anilines is 4. The van der Waals surface area contributed by atoms with Crippen LogP contribution in [0.25, 0.3) is 22.3 Å². The average molecular weight is 1190 g/mol. The van der Waals surface area contributed by atoms with Gasteiger partial charge in [0, 0.05) is 91.2 Å². The Kier molecular flexibility index (Phi) is 15.3. The molecule has 456 valence electrons. The van der Waals surface area contributed by atoms with Crippen molar-refractivity contribution in [3.8, 4) is 11.3 Å². The summed E-state index contributed by atoms with van der Waals surface area (Å²) < 4.78 is 18.0. The molecule has 2 saturated carbocycles. The number of imide groups is 2. The highest BCUT2D eigenvalue weighted by molar-refractivity contribution is 6.25. The number of hydrogen-bond donors (Lipinski definition) is 4. The first-order chi connectivity index (χ1) is 41.8. The molecule has 8 heterocycles. The summed E-state index contributed by atoms with van der Waals surface area (Å²) in [4.78, 5) is 128. The van der Waals surface area contributed by atoms with Gasteiger partial charge >= 0.3 is 0 Å². The highest BCUT2D eigenvalue weighted by Crippen LogP contribution is 2.53. The van der Waals surface area contributed by atoms with Crippen LogP contribution in [0.5, 0.6) is 0 Å². The third-order valence-electron chi connectivity index (χ3n) is 20.1. The van der Waals surface area contributed by atoms with Crippen molar-refractivity contribution in [2.45, 2.75) is 166 Å². The van der Waals surface area contributed by atoms with Gasteiger partial charge in [-0.15, -0.1) is 0 Å². The van der Waals surface area contributed by atoms with Crippen LogP contribution in [-0.2, 0) is 29.4 Å². The predicted molar refractivity (Wildman–Crippen MR) is 325 cm³/mol. The summed E-state index contributed by atoms with van der Waals surface area (Å²) in [7, 11) is 0. The van der Waals surface area contributed by atoms with Crippen molar-refractivity contribution in [1.29, 1.82) is 0 Å². The van der Waals surface area contributed by atoms with Crippen LogP contribution < -0.4 is 26.2 Å². The third kappa shape index (κ3) is 10.4. The van der Waals surface area contributed by atoms with E-state index in [1.165, 1.54) is 31.4 Å². The highest BCUT2D eigenvalue weighted by Gasteiger charge is 2.56. The summed E-state index contributed by atoms with van der Waals surface area (Å²) in [5.74, 6) is -3.12. The van der Waals surface area contributed by atoms with Crippen LogP contribution in [0.4, 0.5) is 27.3 Å². The number of halogens is 1. The molecule has 4 N–H and O–H groups in total. The standard InChI is InChI=1S/C66H77FN12O8/c1-36(2)69-59(81)46-32-51(48(67)28-38(46)5)72-58-57-52(68-35-77(57)37(3)4)33-50(71-58)40-14-17-47-54(29-40)78(44-30-43(31-44)74-23-7-6-8-24-74)65(87)66(47)21-26-75(27-22-66)62(84)41-20-25-76(34-41)61(83)39-12-15-42(16-13-39)70-49-11-9-10-45-56(49)64(86)79(63(45)85)53-18-19-55(80)73-60(53)82/h9-11,14,17,28-29,32-33,35-37,39,41-44,53,70H,6-8,12-13,15-16,18-27,30-31,34H2,1-5H3,(H,69,81)(H,71,72)(H,73,80,82)/t39-,41?,42-,43-,44+,53?. The van der Waals surface area contributed by atoms with Crippen molar-refractivity contribution < 1.29 is 42.7 Å². The number of carbonyl (C=O) groups excluding carboxylic acids is 8. The summed E-state index contributed by atoms with van der Waals surface area (Å²) in [6.07, 6.45) is 11.3. The maximum Gasteiger partial charge on any atom is 0.264 e. The van der Waals surface area contributed by atoms with Crippen LogP contribution in [0.1, 0.15) is 166 Å². The minimum atomic E-state index is -1.06. The first kappa shape index (κ1) is 58.0. The van der Waals surface area contributed by atoms with Crippen molar-refractivity contribution in [3.63, 3.8) is 0 Å². The minimum absolute atomic E-state index is 0.00219. The number of likely N-dealkylation sites (tertiary alicyclic amines) is 3. The summed E-state index contributed by atoms with van der Waals surface area (Å²) in [6, 6.07) is 15.2. The van der Waals surface area contributed by atoms with E-state index in [4.69, 9.17) is 9.97 Å². The fourth-order valence-electron chi connectivity index (χ4n) is 15.2. The number of piperidine rings is 3. The van der Waals surface area contributed by atoms with E-state index in [2.05, 4.69) is 43.2 Å². The van der Waals surface area contributed by atoms with E-state index in [9.17, 15) is 33.6 Å². The normalized spacial score (nSPS) is 24.7. The molecule has 1 spiro atoms. The van der Waals surface area contributed by atoms with Gasteiger partial charge in [0.2, 0.25) is 29.5 Å². The molecule has 3 aromatic carbocycles. The number of nitrogens with zero attached hydrogens (tertiary/aromatic N) is 8. The van der Waals surface area contributed by atoms with E-state index in [0.29, 0.717) is 117 Å². The molecular formula is C66H77FN12O8. The number of imidazole rings is 1. The van der Waals surface area contributed by atoms with Crippen LogP contribution in [0.3, 0.4) is 0 Å². The van der Waals surface area contributed by atoms with Gasteiger partial charge in [0.05, 0.1) is 45.7 Å². The van der Waals surface area contributed by atoms with Crippen LogP contribution in [-0.4, -0.2) is 151 Å². The Bertz CT molecular complexity index is 3660. The van der Waals surface area contributed by atoms with Crippen molar-refractivity contribution in [3.05, 3.63) is 94.6 Å². The molecule has 20 nitrogen and oxygen atoms in total. The highest BCUT2D eigenvalue weighted by atomic mass is 19.1. The zero-order chi connectivity index (χ0) is 60.7. The molecule has 8 aliphatic rings. The zero-order valence-corrected chi connectivity index (χ0v) is 50.3. The Morgan fingerprint density at radius 1 is 0.759 bits per heavy atom. The second-order valence-corrected chi connectivity index (χ2v) is 26.2. The number of nitrogens with one attached hydrogen (secondary N) is 4. The van der Waals surface area contributed by atoms with Crippen molar-refractivity contribution in [2.24, 2.45) is 11.8 Å². The molecule has 2 aromatic heterocycles. The van der Waals surface area contributed by atoms with E-state index in [0.717, 1.165) is 47.6 Å². The monoisotopic (exact) mass is 1180 g/mol. The quantitative estimate of drug-likeness (QED) is 0.0817. The Balaban J connectivity index is 0.691. The number of benzene rings is 3. The maximum atomic E-state index is 16.0. The van der Waals surface area contributed by atoms with E-state index >= 15 is 9.18 Å². The van der Waals surface area contributed by atoms with Gasteiger partial charge in [-0.25, -0.2) is 14.4 Å². The van der Waals surface area contributed by atoms with Crippen molar-refractivity contribution >= 4 is 81.2 Å². The molecule has 21 heteroatoms. The second-order valence-electron chi connectivity index (χ2n) is 26.2. The van der Waals surface area contributed by atoms with E-state index < -0.39 is 40.9 Å². The number of fused-ring (bicyclic) bond motifs is 4. The fraction of sp³-hybridized carbons (Fsp3) is 0.515. The van der Waals surface area contributed by atoms with Gasteiger partial charge in [0.25, 0.3) is 17.7 Å². The van der Waals surface area contributed by atoms with Crippen LogP contribution >= 0.6 is 0 Å². The maximum absolute atomic E-state index is 16.0. The molecule has 4 saturated heterocycles. The van der Waals surface area contributed by atoms with Gasteiger partial charge < -0.3 is 40.1 Å². The number of pyridine rings is 1. The predicted octanol–water partition coefficient (Wildman–Crippen LogP) is 8.15. The van der Waals surface area contributed by atoms with E-state index in [1.807, 2.05) is 54.2 Å². The number of hydrogen-bond acceptors (Lipinski definition) is 13. The molecule has 2 aliphatic carbocycles. The van der Waals surface area contributed by atoms with Gasteiger partial charge in [-0.1, -0.05) is 24.6 Å². The van der Waals surface area contributed by atoms with Crippen molar-refractivity contribution in [2.75, 3.05) is 54.8 Å². The lowest BCUT2D eigenvalue weighted by Gasteiger charge is -2.48. The number of carbonyl (C=O) groups is 8.